The molecule has 1 N–H and O–H groups in total. The highest BCUT2D eigenvalue weighted by atomic mass is 16.6. The van der Waals surface area contributed by atoms with E-state index < -0.39 is 16.9 Å². The maximum Gasteiger partial charge on any atom is 0.271 e. The molecular formula is C19H19N3O6. The van der Waals surface area contributed by atoms with E-state index in [0.29, 0.717) is 0 Å². The molecule has 146 valence electrons. The fourth-order valence-electron chi connectivity index (χ4n) is 4.57. The standard InChI is InChI=1S/C19H19N3O6/c1-9(17(23)20-13-8-12(22(26)27)5-6-14(13)28-2)21-18(24)15-10-3-4-11(7-10)16(15)19(21)25/h3-6,8-11,15-16H,7H2,1-2H3,(H,20,23). The number of hydrogen-bond acceptors (Lipinski definition) is 6. The molecule has 9 nitrogen and oxygen atoms in total. The number of allylic oxidation sites excluding steroid dienone is 2. The van der Waals surface area contributed by atoms with Crippen molar-refractivity contribution in [2.24, 2.45) is 23.7 Å². The van der Waals surface area contributed by atoms with E-state index in [1.54, 1.807) is 0 Å². The molecule has 28 heavy (non-hydrogen) atoms. The van der Waals surface area contributed by atoms with Gasteiger partial charge in [0.2, 0.25) is 17.7 Å². The van der Waals surface area contributed by atoms with Crippen LogP contribution in [0.5, 0.6) is 5.75 Å². The van der Waals surface area contributed by atoms with Gasteiger partial charge in [-0.15, -0.1) is 0 Å². The molecule has 9 heteroatoms. The van der Waals surface area contributed by atoms with Crippen LogP contribution in [0.2, 0.25) is 0 Å². The minimum atomic E-state index is -1.03. The normalized spacial score (nSPS) is 28.4. The first-order valence-corrected chi connectivity index (χ1v) is 9.02. The Morgan fingerprint density at radius 2 is 1.86 bits per heavy atom. The molecule has 1 saturated carbocycles. The number of carbonyl (C=O) groups excluding carboxylic acids is 3. The summed E-state index contributed by atoms with van der Waals surface area (Å²) in [6.45, 7) is 1.48. The summed E-state index contributed by atoms with van der Waals surface area (Å²) < 4.78 is 5.13. The fraction of sp³-hybridized carbons (Fsp3) is 0.421. The lowest BCUT2D eigenvalue weighted by molar-refractivity contribution is -0.384. The third kappa shape index (κ3) is 2.57. The van der Waals surface area contributed by atoms with Gasteiger partial charge in [-0.25, -0.2) is 0 Å². The first-order valence-electron chi connectivity index (χ1n) is 9.02. The van der Waals surface area contributed by atoms with Crippen LogP contribution in [0.3, 0.4) is 0 Å². The van der Waals surface area contributed by atoms with Gasteiger partial charge in [0.05, 0.1) is 29.6 Å². The second-order valence-corrected chi connectivity index (χ2v) is 7.35. The summed E-state index contributed by atoms with van der Waals surface area (Å²) in [6, 6.07) is 2.78. The van der Waals surface area contributed by atoms with Gasteiger partial charge in [-0.2, -0.15) is 0 Å². The van der Waals surface area contributed by atoms with Crippen LogP contribution in [0.1, 0.15) is 13.3 Å². The van der Waals surface area contributed by atoms with Crippen LogP contribution in [0.4, 0.5) is 11.4 Å². The molecule has 1 aromatic rings. The number of imide groups is 1. The molecule has 0 radical (unpaired) electrons. The van der Waals surface area contributed by atoms with Crippen molar-refractivity contribution in [2.45, 2.75) is 19.4 Å². The summed E-state index contributed by atoms with van der Waals surface area (Å²) in [5, 5.41) is 13.5. The molecule has 5 unspecified atom stereocenters. The number of fused-ring (bicyclic) bond motifs is 5. The predicted molar refractivity (Wildman–Crippen MR) is 97.3 cm³/mol. The van der Waals surface area contributed by atoms with Crippen LogP contribution >= 0.6 is 0 Å². The van der Waals surface area contributed by atoms with E-state index >= 15 is 0 Å². The monoisotopic (exact) mass is 385 g/mol. The topological polar surface area (TPSA) is 119 Å². The van der Waals surface area contributed by atoms with E-state index in [0.717, 1.165) is 11.3 Å². The van der Waals surface area contributed by atoms with E-state index in [1.165, 1.54) is 32.2 Å². The Labute approximate surface area is 160 Å². The van der Waals surface area contributed by atoms with Crippen LogP contribution in [0.25, 0.3) is 0 Å². The van der Waals surface area contributed by atoms with E-state index in [1.807, 2.05) is 12.2 Å². The molecule has 1 aliphatic heterocycles. The number of anilines is 1. The SMILES string of the molecule is COc1ccc([N+](=O)[O-])cc1NC(=O)C(C)N1C(=O)C2C3C=CC(C3)C2C1=O. The van der Waals surface area contributed by atoms with Crippen LogP contribution in [-0.4, -0.2) is 40.7 Å². The number of methoxy groups -OCH3 is 1. The number of amides is 3. The first kappa shape index (κ1) is 18.1. The number of nitrogens with one attached hydrogen (secondary N) is 1. The average molecular weight is 385 g/mol. The van der Waals surface area contributed by atoms with Gasteiger partial charge in [0, 0.05) is 12.1 Å². The number of carbonyl (C=O) groups is 3. The van der Waals surface area contributed by atoms with Crippen molar-refractivity contribution >= 4 is 29.1 Å². The minimum absolute atomic E-state index is 0.0589. The molecule has 1 aromatic carbocycles. The molecule has 1 heterocycles. The number of ether oxygens (including phenoxy) is 1. The van der Waals surface area contributed by atoms with Crippen molar-refractivity contribution in [3.63, 3.8) is 0 Å². The largest absolute Gasteiger partial charge is 0.495 e. The number of non-ortho nitro benzene ring substituents is 1. The number of likely N-dealkylation sites (tertiary alicyclic amines) is 1. The highest BCUT2D eigenvalue weighted by molar-refractivity contribution is 6.10. The zero-order valence-electron chi connectivity index (χ0n) is 15.3. The quantitative estimate of drug-likeness (QED) is 0.357. The summed E-state index contributed by atoms with van der Waals surface area (Å²) in [7, 11) is 1.37. The van der Waals surface area contributed by atoms with Gasteiger partial charge >= 0.3 is 0 Å². The molecule has 4 rings (SSSR count). The van der Waals surface area contributed by atoms with Crippen molar-refractivity contribution < 1.29 is 24.0 Å². The zero-order valence-corrected chi connectivity index (χ0v) is 15.3. The smallest absolute Gasteiger partial charge is 0.271 e. The zero-order chi connectivity index (χ0) is 20.2. The molecule has 2 aliphatic carbocycles. The molecule has 0 aromatic heterocycles. The third-order valence-electron chi connectivity index (χ3n) is 5.92. The minimum Gasteiger partial charge on any atom is -0.495 e. The number of benzene rings is 1. The number of nitro benzene ring substituents is 1. The second kappa shape index (κ2) is 6.43. The molecule has 2 fully saturated rings. The summed E-state index contributed by atoms with van der Waals surface area (Å²) in [4.78, 5) is 49.8. The third-order valence-corrected chi connectivity index (χ3v) is 5.92. The Bertz CT molecular complexity index is 896. The van der Waals surface area contributed by atoms with Crippen molar-refractivity contribution in [1.29, 1.82) is 0 Å². The first-order chi connectivity index (χ1) is 13.3. The van der Waals surface area contributed by atoms with Crippen LogP contribution in [0.15, 0.2) is 30.4 Å². The number of nitrogens with zero attached hydrogens (tertiary/aromatic N) is 2. The van der Waals surface area contributed by atoms with E-state index in [-0.39, 0.29) is 52.6 Å². The lowest BCUT2D eigenvalue weighted by Crippen LogP contribution is -2.46. The Kier molecular flexibility index (Phi) is 4.17. The predicted octanol–water partition coefficient (Wildman–Crippen LogP) is 1.74. The van der Waals surface area contributed by atoms with Gasteiger partial charge in [0.25, 0.3) is 5.69 Å². The lowest BCUT2D eigenvalue weighted by Gasteiger charge is -2.24. The number of rotatable bonds is 5. The molecule has 5 atom stereocenters. The maximum atomic E-state index is 12.8. The average Bonchev–Trinajstić information content (AvgIpc) is 3.35. The van der Waals surface area contributed by atoms with E-state index in [4.69, 9.17) is 4.74 Å². The highest BCUT2D eigenvalue weighted by Crippen LogP contribution is 2.52. The van der Waals surface area contributed by atoms with Crippen molar-refractivity contribution in [3.8, 4) is 5.75 Å². The summed E-state index contributed by atoms with van der Waals surface area (Å²) in [5.74, 6) is -1.66. The number of nitro groups is 1. The lowest BCUT2D eigenvalue weighted by atomic mass is 9.85. The van der Waals surface area contributed by atoms with Gasteiger partial charge in [-0.3, -0.25) is 29.4 Å². The maximum absolute atomic E-state index is 12.8. The van der Waals surface area contributed by atoms with Crippen molar-refractivity contribution in [2.75, 3.05) is 12.4 Å². The fourth-order valence-corrected chi connectivity index (χ4v) is 4.57. The van der Waals surface area contributed by atoms with Gasteiger partial charge in [-0.05, 0) is 31.2 Å². The van der Waals surface area contributed by atoms with Crippen molar-refractivity contribution in [1.82, 2.24) is 4.90 Å². The Morgan fingerprint density at radius 1 is 1.25 bits per heavy atom. The molecule has 1 saturated heterocycles. The van der Waals surface area contributed by atoms with Crippen LogP contribution in [0, 0.1) is 33.8 Å². The highest BCUT2D eigenvalue weighted by Gasteiger charge is 2.60. The Morgan fingerprint density at radius 3 is 2.39 bits per heavy atom. The molecule has 2 bridgehead atoms. The second-order valence-electron chi connectivity index (χ2n) is 7.35. The van der Waals surface area contributed by atoms with Crippen LogP contribution in [-0.2, 0) is 14.4 Å². The molecule has 3 aliphatic rings. The summed E-state index contributed by atoms with van der Waals surface area (Å²) in [5.41, 5.74) is -0.108. The van der Waals surface area contributed by atoms with Crippen LogP contribution < -0.4 is 10.1 Å². The Hall–Kier alpha value is -3.23. The summed E-state index contributed by atoms with van der Waals surface area (Å²) >= 11 is 0. The number of hydrogen-bond donors (Lipinski definition) is 1. The van der Waals surface area contributed by atoms with Gasteiger partial charge in [-0.1, -0.05) is 12.2 Å². The van der Waals surface area contributed by atoms with E-state index in [2.05, 4.69) is 5.32 Å². The molecule has 0 spiro atoms. The molecular weight excluding hydrogens is 366 g/mol. The van der Waals surface area contributed by atoms with E-state index in [9.17, 15) is 24.5 Å². The Balaban J connectivity index is 1.55. The molecule has 3 amide bonds. The summed E-state index contributed by atoms with van der Waals surface area (Å²) in [6.07, 6.45) is 4.78. The van der Waals surface area contributed by atoms with Gasteiger partial charge in [0.1, 0.15) is 11.8 Å². The van der Waals surface area contributed by atoms with Gasteiger partial charge in [0.15, 0.2) is 0 Å². The van der Waals surface area contributed by atoms with Gasteiger partial charge < -0.3 is 10.1 Å². The van der Waals surface area contributed by atoms with Crippen molar-refractivity contribution in [3.05, 3.63) is 40.5 Å².